The van der Waals surface area contributed by atoms with Crippen molar-refractivity contribution < 1.29 is 0 Å². The van der Waals surface area contributed by atoms with E-state index in [0.717, 1.165) is 18.3 Å². The average molecular weight is 224 g/mol. The van der Waals surface area contributed by atoms with E-state index < -0.39 is 0 Å². The summed E-state index contributed by atoms with van der Waals surface area (Å²) in [6.45, 7) is 8.66. The minimum Gasteiger partial charge on any atom is -0.0990 e. The van der Waals surface area contributed by atoms with E-state index in [0.29, 0.717) is 5.92 Å². The third-order valence-corrected chi connectivity index (χ3v) is 4.58. The van der Waals surface area contributed by atoms with Crippen LogP contribution >= 0.6 is 0 Å². The minimum atomic E-state index is 0.606. The molecular formula is C17H20. The van der Waals surface area contributed by atoms with Crippen LogP contribution in [0.1, 0.15) is 24.8 Å². The number of fused-ring (bicyclic) bond motifs is 2. The predicted molar refractivity (Wildman–Crippen MR) is 72.7 cm³/mol. The molecule has 2 saturated carbocycles. The maximum absolute atomic E-state index is 4.34. The van der Waals surface area contributed by atoms with E-state index in [1.807, 2.05) is 0 Å². The Balaban J connectivity index is 1.73. The number of hydrogen-bond donors (Lipinski definition) is 0. The summed E-state index contributed by atoms with van der Waals surface area (Å²) in [5.74, 6) is 2.26. The molecule has 0 nitrogen and oxygen atoms in total. The largest absolute Gasteiger partial charge is 0.0990 e. The summed E-state index contributed by atoms with van der Waals surface area (Å²) in [5, 5.41) is 0. The maximum atomic E-state index is 4.34. The minimum absolute atomic E-state index is 0.606. The van der Waals surface area contributed by atoms with Crippen LogP contribution in [0.15, 0.2) is 54.6 Å². The molecule has 88 valence electrons. The van der Waals surface area contributed by atoms with Crippen molar-refractivity contribution in [2.45, 2.75) is 25.7 Å². The van der Waals surface area contributed by atoms with Gasteiger partial charge in [0.05, 0.1) is 0 Å². The Hall–Kier alpha value is -1.30. The summed E-state index contributed by atoms with van der Waals surface area (Å²) in [4.78, 5) is 0. The second-order valence-electron chi connectivity index (χ2n) is 5.64. The lowest BCUT2D eigenvalue weighted by atomic mass is 9.79. The van der Waals surface area contributed by atoms with Gasteiger partial charge in [0, 0.05) is 5.92 Å². The van der Waals surface area contributed by atoms with Gasteiger partial charge in [-0.1, -0.05) is 54.6 Å². The highest BCUT2D eigenvalue weighted by molar-refractivity contribution is 5.31. The van der Waals surface area contributed by atoms with Crippen molar-refractivity contribution in [2.75, 3.05) is 0 Å². The van der Waals surface area contributed by atoms with Crippen LogP contribution in [0.5, 0.6) is 0 Å². The first-order chi connectivity index (χ1) is 8.25. The number of hydrogen-bond acceptors (Lipinski definition) is 0. The molecule has 0 radical (unpaired) electrons. The van der Waals surface area contributed by atoms with Gasteiger partial charge in [0.1, 0.15) is 0 Å². The van der Waals surface area contributed by atoms with Crippen molar-refractivity contribution in [3.63, 3.8) is 0 Å². The zero-order valence-electron chi connectivity index (χ0n) is 10.4. The molecular weight excluding hydrogens is 204 g/mol. The van der Waals surface area contributed by atoms with Crippen LogP contribution in [0.25, 0.3) is 0 Å². The van der Waals surface area contributed by atoms with Gasteiger partial charge in [-0.05, 0) is 43.1 Å². The molecule has 3 rings (SSSR count). The molecule has 3 unspecified atom stereocenters. The Kier molecular flexibility index (Phi) is 2.66. The molecule has 3 atom stereocenters. The molecule has 2 bridgehead atoms. The predicted octanol–water partition coefficient (Wildman–Crippen LogP) is 4.39. The number of rotatable bonds is 3. The standard InChI is InChI=1S/C17H20/c1-12(10-14-6-4-3-5-7-14)17-13(2)15-8-9-16(17)11-15/h3-7,15-17H,1-2,8-11H2. The van der Waals surface area contributed by atoms with Crippen molar-refractivity contribution >= 4 is 0 Å². The van der Waals surface area contributed by atoms with Crippen LogP contribution in [0.4, 0.5) is 0 Å². The van der Waals surface area contributed by atoms with Crippen LogP contribution in [-0.4, -0.2) is 0 Å². The summed E-state index contributed by atoms with van der Waals surface area (Å²) in [7, 11) is 0. The third kappa shape index (κ3) is 1.86. The van der Waals surface area contributed by atoms with Crippen LogP contribution < -0.4 is 0 Å². The van der Waals surface area contributed by atoms with E-state index in [4.69, 9.17) is 0 Å². The second kappa shape index (κ2) is 4.18. The Morgan fingerprint density at radius 2 is 1.94 bits per heavy atom. The van der Waals surface area contributed by atoms with Gasteiger partial charge < -0.3 is 0 Å². The molecule has 0 saturated heterocycles. The first-order valence-corrected chi connectivity index (χ1v) is 6.66. The highest BCUT2D eigenvalue weighted by Gasteiger charge is 2.43. The van der Waals surface area contributed by atoms with Crippen molar-refractivity contribution in [3.05, 3.63) is 60.2 Å². The summed E-state index contributed by atoms with van der Waals surface area (Å²) in [6.07, 6.45) is 5.16. The van der Waals surface area contributed by atoms with Crippen molar-refractivity contribution in [2.24, 2.45) is 17.8 Å². The lowest BCUT2D eigenvalue weighted by molar-refractivity contribution is 0.450. The smallest absolute Gasteiger partial charge is 0.00361 e. The monoisotopic (exact) mass is 224 g/mol. The molecule has 17 heavy (non-hydrogen) atoms. The summed E-state index contributed by atoms with van der Waals surface area (Å²) in [5.41, 5.74) is 4.24. The number of benzene rings is 1. The van der Waals surface area contributed by atoms with Crippen LogP contribution in [0, 0.1) is 17.8 Å². The summed E-state index contributed by atoms with van der Waals surface area (Å²) in [6, 6.07) is 10.7. The van der Waals surface area contributed by atoms with Gasteiger partial charge in [0.25, 0.3) is 0 Å². The number of allylic oxidation sites excluding steroid dienone is 2. The van der Waals surface area contributed by atoms with Crippen LogP contribution in [0.2, 0.25) is 0 Å². The molecule has 2 fully saturated rings. The first kappa shape index (κ1) is 10.8. The van der Waals surface area contributed by atoms with Gasteiger partial charge in [0.2, 0.25) is 0 Å². The zero-order chi connectivity index (χ0) is 11.8. The highest BCUT2D eigenvalue weighted by Crippen LogP contribution is 2.53. The van der Waals surface area contributed by atoms with Gasteiger partial charge in [-0.25, -0.2) is 0 Å². The zero-order valence-corrected chi connectivity index (χ0v) is 10.4. The molecule has 0 aliphatic heterocycles. The summed E-state index contributed by atoms with van der Waals surface area (Å²) < 4.78 is 0. The summed E-state index contributed by atoms with van der Waals surface area (Å²) >= 11 is 0. The van der Waals surface area contributed by atoms with Crippen molar-refractivity contribution in [1.82, 2.24) is 0 Å². The van der Waals surface area contributed by atoms with Crippen molar-refractivity contribution in [3.8, 4) is 0 Å². The fourth-order valence-corrected chi connectivity index (χ4v) is 3.78. The average Bonchev–Trinajstić information content (AvgIpc) is 2.90. The first-order valence-electron chi connectivity index (χ1n) is 6.66. The van der Waals surface area contributed by atoms with E-state index in [1.165, 1.54) is 36.0 Å². The second-order valence-corrected chi connectivity index (χ2v) is 5.64. The van der Waals surface area contributed by atoms with Gasteiger partial charge in [-0.15, -0.1) is 0 Å². The Bertz CT molecular complexity index is 440. The topological polar surface area (TPSA) is 0 Å². The highest BCUT2D eigenvalue weighted by atomic mass is 14.5. The van der Waals surface area contributed by atoms with E-state index >= 15 is 0 Å². The maximum Gasteiger partial charge on any atom is 0.00361 e. The fourth-order valence-electron chi connectivity index (χ4n) is 3.78. The molecule has 0 spiro atoms. The SMILES string of the molecule is C=C(Cc1ccccc1)C1C(=C)C2CCC1C2. The van der Waals surface area contributed by atoms with E-state index in [2.05, 4.69) is 43.5 Å². The van der Waals surface area contributed by atoms with E-state index in [1.54, 1.807) is 0 Å². The van der Waals surface area contributed by atoms with Crippen LogP contribution in [0.3, 0.4) is 0 Å². The van der Waals surface area contributed by atoms with Crippen LogP contribution in [-0.2, 0) is 6.42 Å². The van der Waals surface area contributed by atoms with Gasteiger partial charge in [-0.2, -0.15) is 0 Å². The molecule has 2 aliphatic rings. The molecule has 0 heterocycles. The molecule has 0 aromatic heterocycles. The fraction of sp³-hybridized carbons (Fsp3) is 0.412. The molecule has 0 N–H and O–H groups in total. The van der Waals surface area contributed by atoms with Gasteiger partial charge in [0.15, 0.2) is 0 Å². The Morgan fingerprint density at radius 3 is 2.59 bits per heavy atom. The molecule has 0 heteroatoms. The third-order valence-electron chi connectivity index (χ3n) is 4.58. The molecule has 0 amide bonds. The van der Waals surface area contributed by atoms with Crippen molar-refractivity contribution in [1.29, 1.82) is 0 Å². The Morgan fingerprint density at radius 1 is 1.18 bits per heavy atom. The van der Waals surface area contributed by atoms with E-state index in [9.17, 15) is 0 Å². The lowest BCUT2D eigenvalue weighted by Crippen LogP contribution is -2.16. The molecule has 1 aromatic carbocycles. The normalized spacial score (nSPS) is 30.8. The Labute approximate surface area is 104 Å². The van der Waals surface area contributed by atoms with Gasteiger partial charge >= 0.3 is 0 Å². The molecule has 1 aromatic rings. The lowest BCUT2D eigenvalue weighted by Gasteiger charge is -2.26. The van der Waals surface area contributed by atoms with E-state index in [-0.39, 0.29) is 0 Å². The quantitative estimate of drug-likeness (QED) is 0.668. The molecule has 2 aliphatic carbocycles. The van der Waals surface area contributed by atoms with Gasteiger partial charge in [-0.3, -0.25) is 0 Å².